The second-order valence-electron chi connectivity index (χ2n) is 4.11. The summed E-state index contributed by atoms with van der Waals surface area (Å²) in [7, 11) is 0. The topological polar surface area (TPSA) is 60.4 Å². The van der Waals surface area contributed by atoms with E-state index >= 15 is 0 Å². The molecule has 1 unspecified atom stereocenters. The molecule has 0 aliphatic carbocycles. The molecule has 0 N–H and O–H groups in total. The number of carbonyl (C=O) groups excluding carboxylic acids is 3. The molecule has 4 nitrogen and oxygen atoms in total. The van der Waals surface area contributed by atoms with E-state index in [-0.39, 0.29) is 17.5 Å². The van der Waals surface area contributed by atoms with Crippen molar-refractivity contribution < 1.29 is 19.1 Å². The summed E-state index contributed by atoms with van der Waals surface area (Å²) in [6, 6.07) is 0. The first-order valence-electron chi connectivity index (χ1n) is 6.46. The Morgan fingerprint density at radius 3 is 2.21 bits per heavy atom. The zero-order valence-electron chi connectivity index (χ0n) is 11.9. The van der Waals surface area contributed by atoms with Gasteiger partial charge in [0, 0.05) is 0 Å². The molecule has 0 heterocycles. The van der Waals surface area contributed by atoms with Gasteiger partial charge in [0.05, 0.1) is 12.0 Å². The van der Waals surface area contributed by atoms with Crippen LogP contribution in [-0.2, 0) is 19.1 Å². The van der Waals surface area contributed by atoms with Crippen molar-refractivity contribution in [3.8, 4) is 0 Å². The van der Waals surface area contributed by atoms with Crippen molar-refractivity contribution in [1.29, 1.82) is 0 Å². The molecule has 0 bridgehead atoms. The van der Waals surface area contributed by atoms with E-state index in [9.17, 15) is 4.79 Å². The van der Waals surface area contributed by atoms with Crippen molar-refractivity contribution in [2.75, 3.05) is 6.61 Å². The molecule has 0 saturated heterocycles. The highest BCUT2D eigenvalue weighted by atomic mass is 16.5. The zero-order valence-corrected chi connectivity index (χ0v) is 11.9. The van der Waals surface area contributed by atoms with Crippen LogP contribution >= 0.6 is 0 Å². The van der Waals surface area contributed by atoms with E-state index in [1.807, 2.05) is 26.0 Å². The van der Waals surface area contributed by atoms with Crippen molar-refractivity contribution in [2.24, 2.45) is 5.41 Å². The first-order valence-corrected chi connectivity index (χ1v) is 6.46. The molecule has 108 valence electrons. The minimum Gasteiger partial charge on any atom is -0.466 e. The SMILES string of the molecule is C=CCCCC(CC)(CC=C)C(=O)OCC.O=C=O. The Labute approximate surface area is 115 Å². The average molecular weight is 268 g/mol. The second-order valence-corrected chi connectivity index (χ2v) is 4.11. The van der Waals surface area contributed by atoms with Crippen LogP contribution in [0.4, 0.5) is 0 Å². The molecule has 0 aliphatic rings. The fourth-order valence-electron chi connectivity index (χ4n) is 1.90. The summed E-state index contributed by atoms with van der Waals surface area (Å²) in [5.41, 5.74) is -0.374. The summed E-state index contributed by atoms with van der Waals surface area (Å²) in [5.74, 6) is -0.0820. The van der Waals surface area contributed by atoms with E-state index in [2.05, 4.69) is 13.2 Å². The van der Waals surface area contributed by atoms with E-state index in [0.29, 0.717) is 13.0 Å². The summed E-state index contributed by atoms with van der Waals surface area (Å²) < 4.78 is 5.17. The van der Waals surface area contributed by atoms with Crippen molar-refractivity contribution in [3.63, 3.8) is 0 Å². The van der Waals surface area contributed by atoms with Gasteiger partial charge in [-0.25, -0.2) is 0 Å². The van der Waals surface area contributed by atoms with Gasteiger partial charge < -0.3 is 4.74 Å². The quantitative estimate of drug-likeness (QED) is 0.366. The summed E-state index contributed by atoms with van der Waals surface area (Å²) >= 11 is 0. The van der Waals surface area contributed by atoms with Crippen molar-refractivity contribution in [3.05, 3.63) is 25.3 Å². The van der Waals surface area contributed by atoms with Crippen LogP contribution in [0.1, 0.15) is 46.0 Å². The number of esters is 1. The lowest BCUT2D eigenvalue weighted by Crippen LogP contribution is -2.32. The van der Waals surface area contributed by atoms with E-state index in [1.165, 1.54) is 0 Å². The number of carbonyl (C=O) groups is 1. The van der Waals surface area contributed by atoms with E-state index < -0.39 is 0 Å². The zero-order chi connectivity index (χ0) is 15.1. The maximum absolute atomic E-state index is 12.0. The minimum absolute atomic E-state index is 0.0820. The predicted octanol–water partition coefficient (Wildman–Crippen LogP) is 3.29. The van der Waals surface area contributed by atoms with Crippen LogP contribution in [0.15, 0.2) is 25.3 Å². The van der Waals surface area contributed by atoms with Crippen molar-refractivity contribution in [1.82, 2.24) is 0 Å². The summed E-state index contributed by atoms with van der Waals surface area (Å²) in [4.78, 5) is 28.2. The molecule has 0 radical (unpaired) electrons. The lowest BCUT2D eigenvalue weighted by atomic mass is 9.77. The number of ether oxygens (including phenoxy) is 1. The molecule has 0 aromatic rings. The van der Waals surface area contributed by atoms with Gasteiger partial charge in [0.25, 0.3) is 0 Å². The monoisotopic (exact) mass is 268 g/mol. The van der Waals surface area contributed by atoms with Crippen LogP contribution < -0.4 is 0 Å². The van der Waals surface area contributed by atoms with Gasteiger partial charge in [0.2, 0.25) is 0 Å². The Bertz CT molecular complexity index is 303. The normalized spacial score (nSPS) is 12.1. The van der Waals surface area contributed by atoms with Crippen LogP contribution in [0, 0.1) is 5.41 Å². The summed E-state index contributed by atoms with van der Waals surface area (Å²) in [5, 5.41) is 0. The highest BCUT2D eigenvalue weighted by Crippen LogP contribution is 2.34. The third kappa shape index (κ3) is 8.11. The predicted molar refractivity (Wildman–Crippen MR) is 73.2 cm³/mol. The van der Waals surface area contributed by atoms with E-state index in [0.717, 1.165) is 25.7 Å². The van der Waals surface area contributed by atoms with Crippen LogP contribution in [0.3, 0.4) is 0 Å². The Balaban J connectivity index is 0. The second kappa shape index (κ2) is 12.8. The third-order valence-electron chi connectivity index (χ3n) is 2.98. The Morgan fingerprint density at radius 1 is 1.26 bits per heavy atom. The van der Waals surface area contributed by atoms with E-state index in [4.69, 9.17) is 14.3 Å². The first-order chi connectivity index (χ1) is 9.08. The summed E-state index contributed by atoms with van der Waals surface area (Å²) in [6.45, 7) is 11.8. The van der Waals surface area contributed by atoms with Gasteiger partial charge in [0.1, 0.15) is 0 Å². The van der Waals surface area contributed by atoms with Gasteiger partial charge in [-0.1, -0.05) is 19.1 Å². The van der Waals surface area contributed by atoms with Gasteiger partial charge in [-0.3, -0.25) is 4.79 Å². The van der Waals surface area contributed by atoms with Crippen molar-refractivity contribution >= 4 is 12.1 Å². The van der Waals surface area contributed by atoms with Crippen LogP contribution in [0.5, 0.6) is 0 Å². The van der Waals surface area contributed by atoms with Gasteiger partial charge in [-0.15, -0.1) is 13.2 Å². The molecule has 0 aromatic heterocycles. The number of hydrogen-bond acceptors (Lipinski definition) is 4. The summed E-state index contributed by atoms with van der Waals surface area (Å²) in [6.07, 6.45) is 8.21. The molecule has 1 atom stereocenters. The fraction of sp³-hybridized carbons (Fsp3) is 0.600. The third-order valence-corrected chi connectivity index (χ3v) is 2.98. The molecular weight excluding hydrogens is 244 g/mol. The largest absolute Gasteiger partial charge is 0.466 e. The lowest BCUT2D eigenvalue weighted by molar-refractivity contribution is -0.191. The maximum Gasteiger partial charge on any atom is 0.373 e. The molecule has 0 spiro atoms. The fourth-order valence-corrected chi connectivity index (χ4v) is 1.90. The molecule has 0 aliphatic heterocycles. The van der Waals surface area contributed by atoms with Crippen LogP contribution in [0.25, 0.3) is 0 Å². The molecule has 0 fully saturated rings. The number of allylic oxidation sites excluding steroid dienone is 2. The maximum atomic E-state index is 12.0. The van der Waals surface area contributed by atoms with Gasteiger partial charge in [0.15, 0.2) is 0 Å². The first kappa shape index (κ1) is 19.7. The Morgan fingerprint density at radius 2 is 1.84 bits per heavy atom. The molecule has 0 rings (SSSR count). The van der Waals surface area contributed by atoms with Gasteiger partial charge in [-0.2, -0.15) is 9.59 Å². The molecule has 0 aromatic carbocycles. The van der Waals surface area contributed by atoms with E-state index in [1.54, 1.807) is 0 Å². The number of rotatable bonds is 9. The van der Waals surface area contributed by atoms with Crippen LogP contribution in [-0.4, -0.2) is 18.7 Å². The van der Waals surface area contributed by atoms with Gasteiger partial charge in [-0.05, 0) is 39.0 Å². The number of unbranched alkanes of at least 4 members (excludes halogenated alkanes) is 1. The highest BCUT2D eigenvalue weighted by molar-refractivity contribution is 5.77. The average Bonchev–Trinajstić information content (AvgIpc) is 2.39. The molecule has 19 heavy (non-hydrogen) atoms. The smallest absolute Gasteiger partial charge is 0.373 e. The highest BCUT2D eigenvalue weighted by Gasteiger charge is 2.36. The standard InChI is InChI=1S/C14H24O2.CO2/c1-5-9-10-12-14(7-3,11-6-2)13(15)16-8-4;2-1-3/h5-6H,1-2,7-12H2,3-4H3;. The molecule has 0 amide bonds. The van der Waals surface area contributed by atoms with Crippen molar-refractivity contribution in [2.45, 2.75) is 46.0 Å². The number of hydrogen-bond donors (Lipinski definition) is 0. The minimum atomic E-state index is -0.374. The lowest BCUT2D eigenvalue weighted by Gasteiger charge is -2.29. The van der Waals surface area contributed by atoms with Gasteiger partial charge >= 0.3 is 12.1 Å². The molecular formula is C15H24O4. The molecule has 4 heteroatoms. The Hall–Kier alpha value is -1.67. The van der Waals surface area contributed by atoms with Crippen LogP contribution in [0.2, 0.25) is 0 Å². The molecule has 0 saturated carbocycles. The Kier molecular flexibility index (Phi) is 13.2.